The number of ether oxygens (including phenoxy) is 1. The third kappa shape index (κ3) is 4.76. The van der Waals surface area contributed by atoms with Gasteiger partial charge in [-0.3, -0.25) is 9.79 Å². The molecule has 0 saturated carbocycles. The summed E-state index contributed by atoms with van der Waals surface area (Å²) in [6.07, 6.45) is 1.65. The van der Waals surface area contributed by atoms with Gasteiger partial charge in [-0.05, 0) is 31.2 Å². The van der Waals surface area contributed by atoms with Crippen LogP contribution in [0.4, 0.5) is 0 Å². The van der Waals surface area contributed by atoms with Gasteiger partial charge in [0.05, 0.1) is 6.54 Å². The number of nitrogens with zero attached hydrogens (tertiary/aromatic N) is 3. The maximum atomic E-state index is 12.5. The summed E-state index contributed by atoms with van der Waals surface area (Å²) in [4.78, 5) is 22.9. The van der Waals surface area contributed by atoms with Crippen LogP contribution in [0.5, 0.6) is 0 Å². The molecule has 0 spiro atoms. The van der Waals surface area contributed by atoms with Gasteiger partial charge in [0.1, 0.15) is 6.10 Å². The van der Waals surface area contributed by atoms with Crippen LogP contribution in [0.3, 0.4) is 0 Å². The van der Waals surface area contributed by atoms with Crippen LogP contribution in [0, 0.1) is 0 Å². The van der Waals surface area contributed by atoms with Crippen molar-refractivity contribution < 1.29 is 9.53 Å². The maximum Gasteiger partial charge on any atom is 0.251 e. The van der Waals surface area contributed by atoms with E-state index in [2.05, 4.69) is 41.6 Å². The molecular formula is C19H30N4O2S. The molecule has 1 amide bonds. The van der Waals surface area contributed by atoms with Gasteiger partial charge in [0, 0.05) is 50.1 Å². The number of nitrogens with one attached hydrogen (secondary N) is 1. The number of amides is 1. The van der Waals surface area contributed by atoms with E-state index >= 15 is 0 Å². The normalized spacial score (nSPS) is 22.5. The minimum absolute atomic E-state index is 0.162. The van der Waals surface area contributed by atoms with Gasteiger partial charge in [0.25, 0.3) is 5.91 Å². The highest BCUT2D eigenvalue weighted by Crippen LogP contribution is 2.21. The number of carbonyl (C=O) groups is 1. The number of carbonyl (C=O) groups excluding carboxylic acids is 1. The van der Waals surface area contributed by atoms with Gasteiger partial charge in [-0.1, -0.05) is 13.0 Å². The van der Waals surface area contributed by atoms with Crippen molar-refractivity contribution in [1.82, 2.24) is 15.1 Å². The first-order valence-electron chi connectivity index (χ1n) is 9.66. The van der Waals surface area contributed by atoms with E-state index < -0.39 is 0 Å². The second-order valence-electron chi connectivity index (χ2n) is 6.93. The van der Waals surface area contributed by atoms with Crippen molar-refractivity contribution in [2.45, 2.75) is 38.7 Å². The summed E-state index contributed by atoms with van der Waals surface area (Å²) in [5.74, 6) is 1.54. The van der Waals surface area contributed by atoms with Gasteiger partial charge in [-0.2, -0.15) is 0 Å². The highest BCUT2D eigenvalue weighted by atomic mass is 32.1. The fraction of sp³-hybridized carbons (Fsp3) is 0.684. The van der Waals surface area contributed by atoms with E-state index in [1.165, 1.54) is 4.88 Å². The Bertz CT molecular complexity index is 591. The lowest BCUT2D eigenvalue weighted by Crippen LogP contribution is -2.55. The molecule has 2 aliphatic rings. The summed E-state index contributed by atoms with van der Waals surface area (Å²) in [7, 11) is 0. The molecule has 0 radical (unpaired) electrons. The molecule has 2 atom stereocenters. The monoisotopic (exact) mass is 378 g/mol. The van der Waals surface area contributed by atoms with E-state index in [4.69, 9.17) is 9.73 Å². The van der Waals surface area contributed by atoms with Crippen molar-refractivity contribution in [3.8, 4) is 0 Å². The quantitative estimate of drug-likeness (QED) is 0.630. The molecule has 2 saturated heterocycles. The summed E-state index contributed by atoms with van der Waals surface area (Å²) in [6, 6.07) is 4.27. The average Bonchev–Trinajstić information content (AvgIpc) is 3.38. The number of thiophene rings is 1. The fourth-order valence-corrected chi connectivity index (χ4v) is 4.20. The Balaban J connectivity index is 1.54. The first-order valence-corrected chi connectivity index (χ1v) is 10.5. The van der Waals surface area contributed by atoms with Crippen molar-refractivity contribution in [3.63, 3.8) is 0 Å². The molecule has 2 aliphatic heterocycles. The van der Waals surface area contributed by atoms with E-state index in [-0.39, 0.29) is 12.0 Å². The van der Waals surface area contributed by atoms with E-state index in [1.807, 2.05) is 4.90 Å². The highest BCUT2D eigenvalue weighted by molar-refractivity contribution is 7.10. The van der Waals surface area contributed by atoms with E-state index in [0.29, 0.717) is 5.92 Å². The highest BCUT2D eigenvalue weighted by Gasteiger charge is 2.30. The number of hydrogen-bond acceptors (Lipinski definition) is 4. The summed E-state index contributed by atoms with van der Waals surface area (Å²) in [6.45, 7) is 9.77. The molecule has 6 nitrogen and oxygen atoms in total. The van der Waals surface area contributed by atoms with Crippen LogP contribution in [0.1, 0.15) is 37.5 Å². The standard InChI is InChI=1S/C19H30N4O2S/c1-3-20-19(21-14-15(2)17-7-5-13-26-17)23-10-8-22(9-11-23)18(24)16-6-4-12-25-16/h5,7,13,15-16H,3-4,6,8-12,14H2,1-2H3,(H,20,21). The molecule has 2 unspecified atom stereocenters. The molecule has 1 N–H and O–H groups in total. The maximum absolute atomic E-state index is 12.5. The van der Waals surface area contributed by atoms with Crippen molar-refractivity contribution in [2.75, 3.05) is 45.9 Å². The average molecular weight is 379 g/mol. The number of guanidine groups is 1. The van der Waals surface area contributed by atoms with E-state index in [9.17, 15) is 4.79 Å². The lowest BCUT2D eigenvalue weighted by Gasteiger charge is -2.37. The van der Waals surface area contributed by atoms with Crippen LogP contribution in [-0.4, -0.2) is 73.6 Å². The second-order valence-corrected chi connectivity index (χ2v) is 7.90. The Morgan fingerprint density at radius 3 is 2.77 bits per heavy atom. The molecule has 7 heteroatoms. The largest absolute Gasteiger partial charge is 0.368 e. The predicted molar refractivity (Wildman–Crippen MR) is 106 cm³/mol. The van der Waals surface area contributed by atoms with Crippen LogP contribution < -0.4 is 5.32 Å². The molecule has 144 valence electrons. The number of aliphatic imine (C=N–C) groups is 1. The Morgan fingerprint density at radius 1 is 1.38 bits per heavy atom. The zero-order valence-electron chi connectivity index (χ0n) is 15.8. The van der Waals surface area contributed by atoms with Crippen LogP contribution >= 0.6 is 11.3 Å². The van der Waals surface area contributed by atoms with Gasteiger partial charge < -0.3 is 19.9 Å². The topological polar surface area (TPSA) is 57.2 Å². The first-order chi connectivity index (χ1) is 12.7. The van der Waals surface area contributed by atoms with Gasteiger partial charge in [0.15, 0.2) is 5.96 Å². The molecular weight excluding hydrogens is 348 g/mol. The zero-order valence-corrected chi connectivity index (χ0v) is 16.6. The third-order valence-corrected chi connectivity index (χ3v) is 6.08. The molecule has 0 aliphatic carbocycles. The minimum Gasteiger partial charge on any atom is -0.368 e. The second kappa shape index (κ2) is 9.37. The molecule has 1 aromatic heterocycles. The summed E-state index contributed by atoms with van der Waals surface area (Å²) in [5.41, 5.74) is 0. The Kier molecular flexibility index (Phi) is 6.91. The van der Waals surface area contributed by atoms with Crippen LogP contribution in [0.15, 0.2) is 22.5 Å². The fourth-order valence-electron chi connectivity index (χ4n) is 3.43. The third-order valence-electron chi connectivity index (χ3n) is 4.97. The predicted octanol–water partition coefficient (Wildman–Crippen LogP) is 2.14. The summed E-state index contributed by atoms with van der Waals surface area (Å²) >= 11 is 1.79. The van der Waals surface area contributed by atoms with Crippen LogP contribution in [0.25, 0.3) is 0 Å². The minimum atomic E-state index is -0.213. The Labute approximate surface area is 160 Å². The molecule has 1 aromatic rings. The van der Waals surface area contributed by atoms with E-state index in [1.54, 1.807) is 11.3 Å². The van der Waals surface area contributed by atoms with Crippen LogP contribution in [0.2, 0.25) is 0 Å². The molecule has 3 heterocycles. The van der Waals surface area contributed by atoms with Gasteiger partial charge in [-0.25, -0.2) is 0 Å². The van der Waals surface area contributed by atoms with E-state index in [0.717, 1.165) is 64.7 Å². The summed E-state index contributed by atoms with van der Waals surface area (Å²) in [5, 5.41) is 5.52. The Morgan fingerprint density at radius 2 is 2.15 bits per heavy atom. The molecule has 3 rings (SSSR count). The molecule has 26 heavy (non-hydrogen) atoms. The lowest BCUT2D eigenvalue weighted by atomic mass is 10.1. The van der Waals surface area contributed by atoms with Crippen molar-refractivity contribution in [1.29, 1.82) is 0 Å². The smallest absolute Gasteiger partial charge is 0.251 e. The molecule has 2 fully saturated rings. The SMILES string of the molecule is CCNC(=NCC(C)c1cccs1)N1CCN(C(=O)C2CCCO2)CC1. The van der Waals surface area contributed by atoms with Crippen LogP contribution in [-0.2, 0) is 9.53 Å². The van der Waals surface area contributed by atoms with Crippen molar-refractivity contribution in [3.05, 3.63) is 22.4 Å². The van der Waals surface area contributed by atoms with Gasteiger partial charge >= 0.3 is 0 Å². The van der Waals surface area contributed by atoms with Gasteiger partial charge in [-0.15, -0.1) is 11.3 Å². The Hall–Kier alpha value is -1.60. The molecule has 0 bridgehead atoms. The molecule has 0 aromatic carbocycles. The van der Waals surface area contributed by atoms with Crippen molar-refractivity contribution in [2.24, 2.45) is 4.99 Å². The first kappa shape index (κ1) is 19.2. The number of rotatable bonds is 5. The van der Waals surface area contributed by atoms with Crippen molar-refractivity contribution >= 4 is 23.2 Å². The van der Waals surface area contributed by atoms with Gasteiger partial charge in [0.2, 0.25) is 0 Å². The summed E-state index contributed by atoms with van der Waals surface area (Å²) < 4.78 is 5.54. The number of hydrogen-bond donors (Lipinski definition) is 1. The number of piperazine rings is 1. The lowest BCUT2D eigenvalue weighted by molar-refractivity contribution is -0.142. The zero-order chi connectivity index (χ0) is 18.4.